The molecule has 2 aliphatic rings. The molecule has 0 saturated heterocycles. The molecule has 0 amide bonds. The Balaban J connectivity index is 1.67. The highest BCUT2D eigenvalue weighted by Gasteiger charge is 2.35. The number of allylic oxidation sites excluding steroid dienone is 4. The van der Waals surface area contributed by atoms with Crippen molar-refractivity contribution >= 4 is 12.0 Å². The van der Waals surface area contributed by atoms with Gasteiger partial charge in [0.05, 0.1) is 32.9 Å². The van der Waals surface area contributed by atoms with E-state index < -0.39 is 0 Å². The SMILES string of the molecule is C=C/C=C(\C=C/C)SOc1c(OC)ccc2c1CN1CCc3cc(OC)c(OCC)cc3C1C2. The van der Waals surface area contributed by atoms with E-state index in [9.17, 15) is 0 Å². The van der Waals surface area contributed by atoms with Crippen molar-refractivity contribution in [1.29, 1.82) is 0 Å². The van der Waals surface area contributed by atoms with Crippen LogP contribution in [0.15, 0.2) is 60.1 Å². The number of hydrogen-bond acceptors (Lipinski definition) is 6. The van der Waals surface area contributed by atoms with Crippen molar-refractivity contribution in [1.82, 2.24) is 4.90 Å². The van der Waals surface area contributed by atoms with Crippen LogP contribution >= 0.6 is 12.0 Å². The standard InChI is InChI=1S/C28H33NO4S/c1-6-9-21(10-7-2)34-33-28-23-18-29-14-13-20-16-26(31-5)27(32-8-3)17-22(20)24(29)15-19(23)11-12-25(28)30-4/h6-7,9-12,16-17,24H,1,8,13-15,18H2,2-5H3/b10-7-,21-9+. The van der Waals surface area contributed by atoms with Gasteiger partial charge in [-0.05, 0) is 73.7 Å². The van der Waals surface area contributed by atoms with E-state index in [1.165, 1.54) is 34.3 Å². The first-order valence-corrected chi connectivity index (χ1v) is 12.4. The Morgan fingerprint density at radius 1 is 1.15 bits per heavy atom. The monoisotopic (exact) mass is 479 g/mol. The van der Waals surface area contributed by atoms with Gasteiger partial charge in [0.2, 0.25) is 0 Å². The topological polar surface area (TPSA) is 40.2 Å². The van der Waals surface area contributed by atoms with E-state index in [4.69, 9.17) is 18.4 Å². The average molecular weight is 480 g/mol. The van der Waals surface area contributed by atoms with Crippen LogP contribution in [-0.2, 0) is 19.4 Å². The van der Waals surface area contributed by atoms with Gasteiger partial charge in [-0.3, -0.25) is 4.90 Å². The molecular weight excluding hydrogens is 446 g/mol. The van der Waals surface area contributed by atoms with Crippen LogP contribution in [0.3, 0.4) is 0 Å². The lowest BCUT2D eigenvalue weighted by atomic mass is 9.83. The molecule has 4 rings (SSSR count). The third kappa shape index (κ3) is 4.84. The number of hydrogen-bond donors (Lipinski definition) is 0. The Labute approximate surface area is 207 Å². The highest BCUT2D eigenvalue weighted by atomic mass is 32.2. The predicted molar refractivity (Wildman–Crippen MR) is 139 cm³/mol. The van der Waals surface area contributed by atoms with Crippen LogP contribution in [0.5, 0.6) is 23.0 Å². The molecule has 2 aromatic carbocycles. The highest BCUT2D eigenvalue weighted by Crippen LogP contribution is 2.47. The lowest BCUT2D eigenvalue weighted by Gasteiger charge is -2.42. The molecular formula is C28H33NO4S. The number of benzene rings is 2. The fourth-order valence-corrected chi connectivity index (χ4v) is 5.48. The van der Waals surface area contributed by atoms with Gasteiger partial charge < -0.3 is 18.4 Å². The second kappa shape index (κ2) is 11.1. The van der Waals surface area contributed by atoms with Crippen molar-refractivity contribution < 1.29 is 18.4 Å². The molecule has 2 aromatic rings. The zero-order valence-corrected chi connectivity index (χ0v) is 21.2. The van der Waals surface area contributed by atoms with Crippen LogP contribution in [0.4, 0.5) is 0 Å². The van der Waals surface area contributed by atoms with Gasteiger partial charge in [0.25, 0.3) is 0 Å². The molecule has 1 atom stereocenters. The lowest BCUT2D eigenvalue weighted by Crippen LogP contribution is -2.39. The minimum atomic E-state index is 0.300. The maximum atomic E-state index is 6.29. The normalized spacial score (nSPS) is 17.5. The zero-order valence-electron chi connectivity index (χ0n) is 20.4. The molecule has 0 spiro atoms. The van der Waals surface area contributed by atoms with E-state index in [0.717, 1.165) is 53.8 Å². The van der Waals surface area contributed by atoms with E-state index in [0.29, 0.717) is 12.6 Å². The summed E-state index contributed by atoms with van der Waals surface area (Å²) in [6.45, 7) is 10.2. The maximum absolute atomic E-state index is 6.29. The van der Waals surface area contributed by atoms with Gasteiger partial charge in [-0.15, -0.1) is 0 Å². The van der Waals surface area contributed by atoms with Crippen molar-refractivity contribution in [2.24, 2.45) is 0 Å². The molecule has 2 heterocycles. The van der Waals surface area contributed by atoms with Crippen LogP contribution in [0.1, 0.15) is 42.1 Å². The van der Waals surface area contributed by atoms with Crippen LogP contribution in [-0.4, -0.2) is 32.3 Å². The molecule has 0 aliphatic carbocycles. The van der Waals surface area contributed by atoms with Gasteiger partial charge >= 0.3 is 0 Å². The average Bonchev–Trinajstić information content (AvgIpc) is 2.86. The quantitative estimate of drug-likeness (QED) is 0.305. The fraction of sp³-hybridized carbons (Fsp3) is 0.357. The van der Waals surface area contributed by atoms with E-state index in [2.05, 4.69) is 29.7 Å². The Kier molecular flexibility index (Phi) is 7.91. The molecule has 1 unspecified atom stereocenters. The number of nitrogens with zero attached hydrogens (tertiary/aromatic N) is 1. The van der Waals surface area contributed by atoms with Crippen molar-refractivity contribution in [3.05, 3.63) is 82.3 Å². The third-order valence-corrected chi connectivity index (χ3v) is 7.06. The predicted octanol–water partition coefficient (Wildman–Crippen LogP) is 6.43. The summed E-state index contributed by atoms with van der Waals surface area (Å²) in [7, 11) is 3.40. The number of rotatable bonds is 9. The third-order valence-electron chi connectivity index (χ3n) is 6.34. The summed E-state index contributed by atoms with van der Waals surface area (Å²) in [6, 6.07) is 8.83. The molecule has 180 valence electrons. The van der Waals surface area contributed by atoms with E-state index >= 15 is 0 Å². The van der Waals surface area contributed by atoms with Crippen LogP contribution in [0.25, 0.3) is 0 Å². The second-order valence-electron chi connectivity index (χ2n) is 8.28. The molecule has 0 saturated carbocycles. The first kappa shape index (κ1) is 24.3. The van der Waals surface area contributed by atoms with Gasteiger partial charge in [-0.25, -0.2) is 0 Å². The Morgan fingerprint density at radius 2 is 1.97 bits per heavy atom. The molecule has 34 heavy (non-hydrogen) atoms. The molecule has 0 bridgehead atoms. The van der Waals surface area contributed by atoms with Crippen molar-refractivity contribution in [2.75, 3.05) is 27.4 Å². The minimum Gasteiger partial charge on any atom is -0.493 e. The summed E-state index contributed by atoms with van der Waals surface area (Å²) in [5.41, 5.74) is 5.16. The van der Waals surface area contributed by atoms with Crippen LogP contribution in [0.2, 0.25) is 0 Å². The van der Waals surface area contributed by atoms with Crippen molar-refractivity contribution in [3.63, 3.8) is 0 Å². The van der Waals surface area contributed by atoms with E-state index in [1.54, 1.807) is 20.3 Å². The molecule has 6 heteroatoms. The van der Waals surface area contributed by atoms with Gasteiger partial charge in [0.1, 0.15) is 0 Å². The van der Waals surface area contributed by atoms with Gasteiger partial charge in [0.15, 0.2) is 23.0 Å². The minimum absolute atomic E-state index is 0.300. The van der Waals surface area contributed by atoms with E-state index in [1.807, 2.05) is 38.1 Å². The number of fused-ring (bicyclic) bond motifs is 4. The van der Waals surface area contributed by atoms with Crippen molar-refractivity contribution in [2.45, 2.75) is 39.3 Å². The number of ether oxygens (including phenoxy) is 3. The summed E-state index contributed by atoms with van der Waals surface area (Å²) in [5, 5.41) is 0. The number of methoxy groups -OCH3 is 2. The molecule has 0 aromatic heterocycles. The molecule has 0 radical (unpaired) electrons. The molecule has 0 N–H and O–H groups in total. The van der Waals surface area contributed by atoms with E-state index in [-0.39, 0.29) is 0 Å². The zero-order chi connectivity index (χ0) is 24.1. The second-order valence-corrected chi connectivity index (χ2v) is 9.09. The van der Waals surface area contributed by atoms with Crippen molar-refractivity contribution in [3.8, 4) is 23.0 Å². The lowest BCUT2D eigenvalue weighted by molar-refractivity contribution is 0.158. The largest absolute Gasteiger partial charge is 0.493 e. The first-order chi connectivity index (χ1) is 16.6. The Hall–Kier alpha value is -2.83. The summed E-state index contributed by atoms with van der Waals surface area (Å²) < 4.78 is 23.4. The maximum Gasteiger partial charge on any atom is 0.184 e. The molecule has 0 fully saturated rings. The van der Waals surface area contributed by atoms with Crippen LogP contribution in [0, 0.1) is 0 Å². The highest BCUT2D eigenvalue weighted by molar-refractivity contribution is 7.99. The summed E-state index contributed by atoms with van der Waals surface area (Å²) >= 11 is 1.33. The van der Waals surface area contributed by atoms with Crippen LogP contribution < -0.4 is 18.4 Å². The fourth-order valence-electron chi connectivity index (χ4n) is 4.77. The Bertz CT molecular complexity index is 1110. The Morgan fingerprint density at radius 3 is 2.68 bits per heavy atom. The van der Waals surface area contributed by atoms with Gasteiger partial charge in [-0.1, -0.05) is 24.8 Å². The molecule has 5 nitrogen and oxygen atoms in total. The summed E-state index contributed by atoms with van der Waals surface area (Å²) in [4.78, 5) is 3.52. The smallest absolute Gasteiger partial charge is 0.184 e. The van der Waals surface area contributed by atoms with Gasteiger partial charge in [-0.2, -0.15) is 0 Å². The first-order valence-electron chi connectivity index (χ1n) is 11.7. The summed E-state index contributed by atoms with van der Waals surface area (Å²) in [5.74, 6) is 3.19. The van der Waals surface area contributed by atoms with Gasteiger partial charge in [0, 0.05) is 29.6 Å². The summed E-state index contributed by atoms with van der Waals surface area (Å²) in [6.07, 6.45) is 9.60. The molecule has 2 aliphatic heterocycles.